The molecule has 168 valence electrons. The van der Waals surface area contributed by atoms with Crippen LogP contribution >= 0.6 is 0 Å². The van der Waals surface area contributed by atoms with Crippen LogP contribution in [0.15, 0.2) is 48.7 Å². The highest BCUT2D eigenvalue weighted by Gasteiger charge is 2.23. The van der Waals surface area contributed by atoms with Crippen LogP contribution < -0.4 is 10.1 Å². The number of anilines is 1. The van der Waals surface area contributed by atoms with Gasteiger partial charge in [-0.1, -0.05) is 18.2 Å². The van der Waals surface area contributed by atoms with Gasteiger partial charge in [-0.2, -0.15) is 0 Å². The topological polar surface area (TPSA) is 66.4 Å². The average molecular weight is 433 g/mol. The Morgan fingerprint density at radius 2 is 1.94 bits per heavy atom. The lowest BCUT2D eigenvalue weighted by molar-refractivity contribution is 0.241. The lowest BCUT2D eigenvalue weighted by atomic mass is 10.0. The molecule has 0 unspecified atom stereocenters. The number of aromatic nitrogens is 3. The Labute approximate surface area is 190 Å². The van der Waals surface area contributed by atoms with Gasteiger partial charge in [-0.3, -0.25) is 9.88 Å². The van der Waals surface area contributed by atoms with E-state index in [1.807, 2.05) is 30.3 Å². The van der Waals surface area contributed by atoms with Crippen LogP contribution in [-0.2, 0) is 19.5 Å². The number of nitrogens with zero attached hydrogens (tertiary/aromatic N) is 5. The van der Waals surface area contributed by atoms with E-state index in [0.717, 1.165) is 68.5 Å². The van der Waals surface area contributed by atoms with Crippen molar-refractivity contribution in [3.63, 3.8) is 0 Å². The second-order valence-electron chi connectivity index (χ2n) is 8.43. The van der Waals surface area contributed by atoms with Crippen molar-refractivity contribution in [3.05, 3.63) is 65.5 Å². The van der Waals surface area contributed by atoms with Crippen molar-refractivity contribution < 1.29 is 4.74 Å². The van der Waals surface area contributed by atoms with Crippen molar-refractivity contribution in [2.24, 2.45) is 0 Å². The fraction of sp³-hybridized carbons (Fsp3) is 0.400. The fourth-order valence-electron chi connectivity index (χ4n) is 3.97. The molecule has 0 saturated heterocycles. The van der Waals surface area contributed by atoms with E-state index in [-0.39, 0.29) is 0 Å². The Hall–Kier alpha value is -3.03. The zero-order valence-corrected chi connectivity index (χ0v) is 19.2. The Bertz CT molecular complexity index is 1010. The quantitative estimate of drug-likeness (QED) is 0.519. The minimum Gasteiger partial charge on any atom is -0.497 e. The summed E-state index contributed by atoms with van der Waals surface area (Å²) in [5, 5.41) is 3.58. The molecule has 0 radical (unpaired) electrons. The number of methoxy groups -OCH3 is 1. The molecule has 4 rings (SSSR count). The number of hydrogen-bond acceptors (Lipinski definition) is 7. The van der Waals surface area contributed by atoms with Crippen LogP contribution in [0.3, 0.4) is 0 Å². The molecule has 0 atom stereocenters. The summed E-state index contributed by atoms with van der Waals surface area (Å²) in [7, 11) is 5.90. The Balaban J connectivity index is 1.54. The van der Waals surface area contributed by atoms with Gasteiger partial charge in [0.2, 0.25) is 0 Å². The first kappa shape index (κ1) is 22.2. The minimum atomic E-state index is 0.686. The van der Waals surface area contributed by atoms with Crippen LogP contribution in [0, 0.1) is 0 Å². The predicted octanol–water partition coefficient (Wildman–Crippen LogP) is 3.47. The summed E-state index contributed by atoms with van der Waals surface area (Å²) < 4.78 is 5.28. The van der Waals surface area contributed by atoms with Gasteiger partial charge in [0, 0.05) is 37.9 Å². The van der Waals surface area contributed by atoms with Crippen molar-refractivity contribution in [3.8, 4) is 17.3 Å². The fourth-order valence-corrected chi connectivity index (χ4v) is 3.97. The summed E-state index contributed by atoms with van der Waals surface area (Å²) in [4.78, 5) is 18.9. The lowest BCUT2D eigenvalue weighted by Gasteiger charge is -2.29. The number of ether oxygens (including phenoxy) is 1. The van der Waals surface area contributed by atoms with Crippen molar-refractivity contribution in [1.29, 1.82) is 0 Å². The molecule has 7 heteroatoms. The Morgan fingerprint density at radius 1 is 1.09 bits per heavy atom. The third kappa shape index (κ3) is 5.60. The van der Waals surface area contributed by atoms with Gasteiger partial charge in [0.05, 0.1) is 12.8 Å². The molecular formula is C25H32N6O. The molecule has 1 aromatic carbocycles. The van der Waals surface area contributed by atoms with Gasteiger partial charge >= 0.3 is 0 Å². The van der Waals surface area contributed by atoms with Gasteiger partial charge in [-0.25, -0.2) is 9.97 Å². The second kappa shape index (κ2) is 10.5. The molecule has 1 aliphatic rings. The summed E-state index contributed by atoms with van der Waals surface area (Å²) in [5.74, 6) is 2.53. The lowest BCUT2D eigenvalue weighted by Crippen LogP contribution is -2.32. The molecule has 1 aliphatic heterocycles. The van der Waals surface area contributed by atoms with E-state index >= 15 is 0 Å². The molecule has 2 aromatic heterocycles. The zero-order chi connectivity index (χ0) is 22.3. The summed E-state index contributed by atoms with van der Waals surface area (Å²) in [6, 6.07) is 14.2. The van der Waals surface area contributed by atoms with Crippen LogP contribution in [0.25, 0.3) is 11.5 Å². The Kier molecular flexibility index (Phi) is 7.29. The van der Waals surface area contributed by atoms with E-state index in [9.17, 15) is 0 Å². The number of fused-ring (bicyclic) bond motifs is 1. The molecule has 0 aliphatic carbocycles. The minimum absolute atomic E-state index is 0.686. The van der Waals surface area contributed by atoms with Crippen LogP contribution in [0.5, 0.6) is 5.75 Å². The first-order valence-electron chi connectivity index (χ1n) is 11.2. The SMILES string of the molecule is COc1ccc(CN2CCc3c(nc(-c4ccccn4)nc3NCCCN(C)C)C2)cc1. The number of pyridine rings is 1. The standard InChI is InChI=1S/C25H32N6O/c1-30(2)15-6-14-27-24-21-12-16-31(17-19-8-10-20(32-3)11-9-19)18-23(21)28-25(29-24)22-7-4-5-13-26-22/h4-5,7-11,13H,6,12,14-18H2,1-3H3,(H,27,28,29). The average Bonchev–Trinajstić information content (AvgIpc) is 2.82. The normalized spacial score (nSPS) is 13.8. The van der Waals surface area contributed by atoms with Gasteiger partial charge in [0.1, 0.15) is 17.3 Å². The Morgan fingerprint density at radius 3 is 2.66 bits per heavy atom. The highest BCUT2D eigenvalue weighted by molar-refractivity contribution is 5.57. The number of hydrogen-bond donors (Lipinski definition) is 1. The number of rotatable bonds is 9. The van der Waals surface area contributed by atoms with Crippen molar-refractivity contribution in [2.45, 2.75) is 25.9 Å². The van der Waals surface area contributed by atoms with Crippen LogP contribution in [0.4, 0.5) is 5.82 Å². The second-order valence-corrected chi connectivity index (χ2v) is 8.43. The molecule has 3 heterocycles. The third-order valence-electron chi connectivity index (χ3n) is 5.68. The van der Waals surface area contributed by atoms with Gasteiger partial charge in [0.15, 0.2) is 5.82 Å². The van der Waals surface area contributed by atoms with Gasteiger partial charge < -0.3 is 15.0 Å². The summed E-state index contributed by atoms with van der Waals surface area (Å²) >= 11 is 0. The maximum atomic E-state index is 5.28. The molecule has 32 heavy (non-hydrogen) atoms. The number of nitrogens with one attached hydrogen (secondary N) is 1. The maximum Gasteiger partial charge on any atom is 0.180 e. The van der Waals surface area contributed by atoms with Crippen molar-refractivity contribution in [2.75, 3.05) is 46.2 Å². The molecule has 0 fully saturated rings. The largest absolute Gasteiger partial charge is 0.497 e. The monoisotopic (exact) mass is 432 g/mol. The molecular weight excluding hydrogens is 400 g/mol. The van der Waals surface area contributed by atoms with Gasteiger partial charge in [-0.15, -0.1) is 0 Å². The summed E-state index contributed by atoms with van der Waals surface area (Å²) in [6.07, 6.45) is 3.79. The van der Waals surface area contributed by atoms with Gasteiger partial charge in [-0.05, 0) is 63.3 Å². The molecule has 0 spiro atoms. The third-order valence-corrected chi connectivity index (χ3v) is 5.68. The molecule has 3 aromatic rings. The smallest absolute Gasteiger partial charge is 0.180 e. The molecule has 0 amide bonds. The van der Waals surface area contributed by atoms with Crippen molar-refractivity contribution >= 4 is 5.82 Å². The van der Waals surface area contributed by atoms with E-state index in [1.165, 1.54) is 11.1 Å². The van der Waals surface area contributed by atoms with Crippen LogP contribution in [0.1, 0.15) is 23.2 Å². The van der Waals surface area contributed by atoms with E-state index in [1.54, 1.807) is 13.3 Å². The molecule has 0 bridgehead atoms. The molecule has 0 saturated carbocycles. The van der Waals surface area contributed by atoms with E-state index in [4.69, 9.17) is 14.7 Å². The van der Waals surface area contributed by atoms with Crippen LogP contribution in [-0.4, -0.2) is 65.6 Å². The highest BCUT2D eigenvalue weighted by Crippen LogP contribution is 2.27. The van der Waals surface area contributed by atoms with Crippen molar-refractivity contribution in [1.82, 2.24) is 24.8 Å². The summed E-state index contributed by atoms with van der Waals surface area (Å²) in [6.45, 7) is 4.60. The zero-order valence-electron chi connectivity index (χ0n) is 19.2. The molecule has 7 nitrogen and oxygen atoms in total. The first-order chi connectivity index (χ1) is 15.6. The van der Waals surface area contributed by atoms with E-state index < -0.39 is 0 Å². The van der Waals surface area contributed by atoms with E-state index in [0.29, 0.717) is 5.82 Å². The number of benzene rings is 1. The van der Waals surface area contributed by atoms with E-state index in [2.05, 4.69) is 46.3 Å². The highest BCUT2D eigenvalue weighted by atomic mass is 16.5. The predicted molar refractivity (Wildman–Crippen MR) is 128 cm³/mol. The van der Waals surface area contributed by atoms with Gasteiger partial charge in [0.25, 0.3) is 0 Å². The molecule has 1 N–H and O–H groups in total. The maximum absolute atomic E-state index is 5.28. The first-order valence-corrected chi connectivity index (χ1v) is 11.2. The summed E-state index contributed by atoms with van der Waals surface area (Å²) in [5.41, 5.74) is 4.41. The van der Waals surface area contributed by atoms with Crippen LogP contribution in [0.2, 0.25) is 0 Å².